The lowest BCUT2D eigenvalue weighted by Gasteiger charge is -2.20. The van der Waals surface area contributed by atoms with Crippen LogP contribution in [0.15, 0.2) is 84.9 Å². The van der Waals surface area contributed by atoms with E-state index in [1.54, 1.807) is 0 Å². The lowest BCUT2D eigenvalue weighted by Crippen LogP contribution is -2.43. The molecule has 1 heterocycles. The molecule has 0 aliphatic carbocycles. The van der Waals surface area contributed by atoms with E-state index in [2.05, 4.69) is 33.0 Å². The molecule has 1 aliphatic heterocycles. The fourth-order valence-corrected chi connectivity index (χ4v) is 4.46. The molecule has 0 spiro atoms. The maximum absolute atomic E-state index is 12.8. The smallest absolute Gasteiger partial charge is 0.319 e. The van der Waals surface area contributed by atoms with Crippen LogP contribution in [0.25, 0.3) is 11.1 Å². The van der Waals surface area contributed by atoms with Gasteiger partial charge in [-0.2, -0.15) is 0 Å². The van der Waals surface area contributed by atoms with E-state index in [4.69, 9.17) is 0 Å². The van der Waals surface area contributed by atoms with Crippen LogP contribution in [0.5, 0.6) is 0 Å². The fourth-order valence-electron chi connectivity index (χ4n) is 4.46. The minimum atomic E-state index is -0.316. The lowest BCUT2D eigenvalue weighted by molar-refractivity contribution is -0.121. The van der Waals surface area contributed by atoms with Gasteiger partial charge in [0.05, 0.1) is 0 Å². The van der Waals surface area contributed by atoms with E-state index in [0.717, 1.165) is 36.3 Å². The molecule has 1 fully saturated rings. The molecular weight excluding hydrogens is 436 g/mol. The van der Waals surface area contributed by atoms with Crippen molar-refractivity contribution in [2.45, 2.75) is 31.7 Å². The Bertz CT molecular complexity index is 1060. The number of anilines is 1. The Morgan fingerprint density at radius 3 is 2.11 bits per heavy atom. The van der Waals surface area contributed by atoms with Crippen molar-refractivity contribution in [3.05, 3.63) is 90.5 Å². The number of nitrogens with zero attached hydrogens (tertiary/aromatic N) is 1. The zero-order valence-electron chi connectivity index (χ0n) is 20.1. The quantitative estimate of drug-likeness (QED) is 0.403. The summed E-state index contributed by atoms with van der Waals surface area (Å²) in [4.78, 5) is 27.8. The first-order valence-electron chi connectivity index (χ1n) is 12.4. The Morgan fingerprint density at radius 1 is 0.800 bits per heavy atom. The molecule has 0 radical (unpaired) electrons. The van der Waals surface area contributed by atoms with Crippen LogP contribution in [0.3, 0.4) is 0 Å². The summed E-state index contributed by atoms with van der Waals surface area (Å²) >= 11 is 0. The highest BCUT2D eigenvalue weighted by Gasteiger charge is 2.18. The van der Waals surface area contributed by atoms with Crippen LogP contribution in [0.4, 0.5) is 10.5 Å². The normalized spacial score (nSPS) is 14.3. The van der Waals surface area contributed by atoms with Crippen molar-refractivity contribution >= 4 is 17.6 Å². The molecule has 6 nitrogen and oxygen atoms in total. The highest BCUT2D eigenvalue weighted by Crippen LogP contribution is 2.21. The molecule has 0 bridgehead atoms. The molecule has 182 valence electrons. The molecule has 0 aromatic heterocycles. The molecule has 1 saturated heterocycles. The third kappa shape index (κ3) is 7.97. The topological polar surface area (TPSA) is 73.5 Å². The van der Waals surface area contributed by atoms with E-state index < -0.39 is 0 Å². The van der Waals surface area contributed by atoms with Crippen molar-refractivity contribution in [2.24, 2.45) is 0 Å². The minimum absolute atomic E-state index is 0.0438. The molecule has 3 N–H and O–H groups in total. The average Bonchev–Trinajstić information content (AvgIpc) is 3.39. The highest BCUT2D eigenvalue weighted by molar-refractivity contribution is 5.90. The number of urea groups is 1. The third-order valence-electron chi connectivity index (χ3n) is 6.29. The predicted molar refractivity (Wildman–Crippen MR) is 141 cm³/mol. The maximum Gasteiger partial charge on any atom is 0.319 e. The summed E-state index contributed by atoms with van der Waals surface area (Å²) in [5.41, 5.74) is 4.00. The van der Waals surface area contributed by atoms with E-state index in [1.165, 1.54) is 12.8 Å². The van der Waals surface area contributed by atoms with Gasteiger partial charge in [-0.3, -0.25) is 4.79 Å². The van der Waals surface area contributed by atoms with Gasteiger partial charge in [-0.05, 0) is 61.2 Å². The molecule has 3 amide bonds. The van der Waals surface area contributed by atoms with Gasteiger partial charge in [0.1, 0.15) is 0 Å². The number of rotatable bonds is 10. The Morgan fingerprint density at radius 2 is 1.43 bits per heavy atom. The third-order valence-corrected chi connectivity index (χ3v) is 6.29. The van der Waals surface area contributed by atoms with Crippen molar-refractivity contribution in [1.82, 2.24) is 15.5 Å². The van der Waals surface area contributed by atoms with E-state index in [-0.39, 0.29) is 24.4 Å². The molecule has 4 rings (SSSR count). The maximum atomic E-state index is 12.8. The highest BCUT2D eigenvalue weighted by atomic mass is 16.2. The fraction of sp³-hybridized carbons (Fsp3) is 0.310. The van der Waals surface area contributed by atoms with Crippen LogP contribution in [-0.2, 0) is 11.2 Å². The Kier molecular flexibility index (Phi) is 8.90. The van der Waals surface area contributed by atoms with E-state index >= 15 is 0 Å². The van der Waals surface area contributed by atoms with Crippen LogP contribution in [0.1, 0.15) is 24.8 Å². The molecule has 6 heteroatoms. The largest absolute Gasteiger partial charge is 0.355 e. The molecule has 3 aromatic rings. The van der Waals surface area contributed by atoms with Crippen molar-refractivity contribution in [2.75, 3.05) is 31.5 Å². The van der Waals surface area contributed by atoms with E-state index in [9.17, 15) is 9.59 Å². The van der Waals surface area contributed by atoms with Gasteiger partial charge in [0.15, 0.2) is 0 Å². The van der Waals surface area contributed by atoms with Gasteiger partial charge >= 0.3 is 6.03 Å². The number of carbonyl (C=O) groups excluding carboxylic acids is 2. The van der Waals surface area contributed by atoms with Crippen molar-refractivity contribution in [3.63, 3.8) is 0 Å². The Balaban J connectivity index is 1.31. The second kappa shape index (κ2) is 12.7. The minimum Gasteiger partial charge on any atom is -0.355 e. The molecule has 3 aromatic carbocycles. The summed E-state index contributed by atoms with van der Waals surface area (Å²) in [5.74, 6) is -0.0438. The van der Waals surface area contributed by atoms with E-state index in [1.807, 2.05) is 72.8 Å². The molecule has 1 aliphatic rings. The lowest BCUT2D eigenvalue weighted by atomic mass is 10.0. The van der Waals surface area contributed by atoms with Gasteiger partial charge in [0.2, 0.25) is 5.91 Å². The van der Waals surface area contributed by atoms with Gasteiger partial charge in [0, 0.05) is 31.2 Å². The van der Waals surface area contributed by atoms with Crippen LogP contribution in [-0.4, -0.2) is 49.1 Å². The van der Waals surface area contributed by atoms with Crippen LogP contribution in [0, 0.1) is 0 Å². The summed E-state index contributed by atoms with van der Waals surface area (Å²) < 4.78 is 0. The number of hydrogen-bond donors (Lipinski definition) is 3. The molecule has 35 heavy (non-hydrogen) atoms. The standard InChI is InChI=1S/C29H34N4O2/c34-28(30-17-20-33-18-7-8-19-33)22-27(21-23-9-3-1-4-10-23)32-29(35)31-26-15-13-25(14-16-26)24-11-5-2-6-12-24/h1-6,9-16,27H,7-8,17-22H2,(H,30,34)(H2,31,32,35)/t27-/m0/s1. The predicted octanol–water partition coefficient (Wildman–Crippen LogP) is 4.69. The number of carbonyl (C=O) groups is 2. The molecule has 0 saturated carbocycles. The van der Waals surface area contributed by atoms with Crippen LogP contribution < -0.4 is 16.0 Å². The van der Waals surface area contributed by atoms with E-state index in [0.29, 0.717) is 18.7 Å². The zero-order chi connectivity index (χ0) is 24.3. The Hall–Kier alpha value is -3.64. The summed E-state index contributed by atoms with van der Waals surface area (Å²) in [6.45, 7) is 3.74. The Labute approximate surface area is 207 Å². The summed E-state index contributed by atoms with van der Waals surface area (Å²) in [7, 11) is 0. The van der Waals surface area contributed by atoms with Crippen molar-refractivity contribution in [3.8, 4) is 11.1 Å². The summed E-state index contributed by atoms with van der Waals surface area (Å²) in [5, 5.41) is 8.92. The van der Waals surface area contributed by atoms with Crippen molar-refractivity contribution < 1.29 is 9.59 Å². The first-order valence-corrected chi connectivity index (χ1v) is 12.4. The van der Waals surface area contributed by atoms with Gasteiger partial charge in [-0.15, -0.1) is 0 Å². The number of hydrogen-bond acceptors (Lipinski definition) is 3. The SMILES string of the molecule is O=C(C[C@H](Cc1ccccc1)NC(=O)Nc1ccc(-c2ccccc2)cc1)NCCN1CCCC1. The number of likely N-dealkylation sites (tertiary alicyclic amines) is 1. The number of nitrogens with one attached hydrogen (secondary N) is 3. The van der Waals surface area contributed by atoms with Crippen LogP contribution in [0.2, 0.25) is 0 Å². The van der Waals surface area contributed by atoms with Gasteiger partial charge < -0.3 is 20.9 Å². The molecule has 0 unspecified atom stereocenters. The number of benzene rings is 3. The van der Waals surface area contributed by atoms with Crippen LogP contribution >= 0.6 is 0 Å². The average molecular weight is 471 g/mol. The van der Waals surface area contributed by atoms with Gasteiger partial charge in [0.25, 0.3) is 0 Å². The van der Waals surface area contributed by atoms with Crippen molar-refractivity contribution in [1.29, 1.82) is 0 Å². The first kappa shape index (κ1) is 24.5. The molecular formula is C29H34N4O2. The second-order valence-corrected chi connectivity index (χ2v) is 9.03. The monoisotopic (exact) mass is 470 g/mol. The van der Waals surface area contributed by atoms with Gasteiger partial charge in [-0.25, -0.2) is 4.79 Å². The summed E-state index contributed by atoms with van der Waals surface area (Å²) in [6, 6.07) is 27.2. The number of amides is 3. The molecule has 1 atom stereocenters. The first-order chi connectivity index (χ1) is 17.2. The summed E-state index contributed by atoms with van der Waals surface area (Å²) in [6.07, 6.45) is 3.29. The van der Waals surface area contributed by atoms with Gasteiger partial charge in [-0.1, -0.05) is 72.8 Å². The zero-order valence-corrected chi connectivity index (χ0v) is 20.1. The second-order valence-electron chi connectivity index (χ2n) is 9.03.